The standard InChI is InChI=1S/C9H13NO/c1-6-3-8(5-10)9(11)4-7(6)2/h3-4,11H,5,10H2,1-2H3. The Balaban J connectivity index is 3.21. The molecule has 0 amide bonds. The predicted octanol–water partition coefficient (Wildman–Crippen LogP) is 1.47. The average molecular weight is 151 g/mol. The molecule has 0 saturated heterocycles. The van der Waals surface area contributed by atoms with E-state index in [1.807, 2.05) is 19.9 Å². The lowest BCUT2D eigenvalue weighted by atomic mass is 10.1. The molecule has 11 heavy (non-hydrogen) atoms. The first kappa shape index (κ1) is 8.08. The zero-order chi connectivity index (χ0) is 8.43. The fourth-order valence-electron chi connectivity index (χ4n) is 1.02. The second kappa shape index (κ2) is 2.93. The molecule has 0 aliphatic carbocycles. The van der Waals surface area contributed by atoms with E-state index in [9.17, 15) is 5.11 Å². The monoisotopic (exact) mass is 151 g/mol. The Bertz CT molecular complexity index is 269. The largest absolute Gasteiger partial charge is 0.508 e. The van der Waals surface area contributed by atoms with Crippen molar-refractivity contribution in [2.24, 2.45) is 5.73 Å². The topological polar surface area (TPSA) is 46.2 Å². The number of hydrogen-bond donors (Lipinski definition) is 2. The van der Waals surface area contributed by atoms with Gasteiger partial charge in [-0.05, 0) is 31.0 Å². The Morgan fingerprint density at radius 3 is 2.36 bits per heavy atom. The molecule has 0 unspecified atom stereocenters. The Morgan fingerprint density at radius 2 is 1.82 bits per heavy atom. The van der Waals surface area contributed by atoms with Gasteiger partial charge in [-0.2, -0.15) is 0 Å². The van der Waals surface area contributed by atoms with E-state index in [0.29, 0.717) is 12.3 Å². The van der Waals surface area contributed by atoms with Crippen molar-refractivity contribution in [3.63, 3.8) is 0 Å². The second-order valence-corrected chi connectivity index (χ2v) is 2.77. The summed E-state index contributed by atoms with van der Waals surface area (Å²) in [5, 5.41) is 9.34. The molecular weight excluding hydrogens is 138 g/mol. The number of hydrogen-bond acceptors (Lipinski definition) is 2. The van der Waals surface area contributed by atoms with Crippen molar-refractivity contribution in [2.45, 2.75) is 20.4 Å². The van der Waals surface area contributed by atoms with Crippen LogP contribution in [-0.4, -0.2) is 5.11 Å². The molecule has 0 heterocycles. The maximum absolute atomic E-state index is 9.34. The first-order chi connectivity index (χ1) is 5.15. The molecule has 1 aromatic rings. The number of phenolic OH excluding ortho intramolecular Hbond substituents is 1. The predicted molar refractivity (Wildman–Crippen MR) is 45.5 cm³/mol. The van der Waals surface area contributed by atoms with E-state index < -0.39 is 0 Å². The third kappa shape index (κ3) is 1.52. The van der Waals surface area contributed by atoms with Crippen molar-refractivity contribution in [3.05, 3.63) is 28.8 Å². The van der Waals surface area contributed by atoms with E-state index in [4.69, 9.17) is 5.73 Å². The van der Waals surface area contributed by atoms with Crippen molar-refractivity contribution < 1.29 is 5.11 Å². The number of nitrogens with two attached hydrogens (primary N) is 1. The summed E-state index contributed by atoms with van der Waals surface area (Å²) in [6, 6.07) is 3.67. The lowest BCUT2D eigenvalue weighted by Gasteiger charge is -2.05. The average Bonchev–Trinajstić information content (AvgIpc) is 1.97. The number of rotatable bonds is 1. The summed E-state index contributed by atoms with van der Waals surface area (Å²) in [6.45, 7) is 4.37. The van der Waals surface area contributed by atoms with Crippen LogP contribution in [0.15, 0.2) is 12.1 Å². The molecule has 0 aromatic heterocycles. The smallest absolute Gasteiger partial charge is 0.120 e. The van der Waals surface area contributed by atoms with Gasteiger partial charge in [0.05, 0.1) is 0 Å². The number of benzene rings is 1. The maximum atomic E-state index is 9.34. The van der Waals surface area contributed by atoms with E-state index in [0.717, 1.165) is 11.1 Å². The van der Waals surface area contributed by atoms with Crippen molar-refractivity contribution in [2.75, 3.05) is 0 Å². The summed E-state index contributed by atoms with van der Waals surface area (Å²) < 4.78 is 0. The van der Waals surface area contributed by atoms with Crippen LogP contribution in [-0.2, 0) is 6.54 Å². The van der Waals surface area contributed by atoms with E-state index in [2.05, 4.69) is 0 Å². The fourth-order valence-corrected chi connectivity index (χ4v) is 1.02. The van der Waals surface area contributed by atoms with Crippen LogP contribution in [0.1, 0.15) is 16.7 Å². The van der Waals surface area contributed by atoms with Crippen molar-refractivity contribution in [1.82, 2.24) is 0 Å². The highest BCUT2D eigenvalue weighted by Crippen LogP contribution is 2.20. The van der Waals surface area contributed by atoms with Crippen LogP contribution < -0.4 is 5.73 Å². The molecule has 0 bridgehead atoms. The van der Waals surface area contributed by atoms with Gasteiger partial charge in [-0.15, -0.1) is 0 Å². The third-order valence-corrected chi connectivity index (χ3v) is 1.91. The van der Waals surface area contributed by atoms with Crippen LogP contribution >= 0.6 is 0 Å². The van der Waals surface area contributed by atoms with E-state index in [1.54, 1.807) is 6.07 Å². The molecule has 60 valence electrons. The lowest BCUT2D eigenvalue weighted by Crippen LogP contribution is -1.97. The molecule has 0 fully saturated rings. The van der Waals surface area contributed by atoms with E-state index in [-0.39, 0.29) is 0 Å². The molecule has 1 rings (SSSR count). The Morgan fingerprint density at radius 1 is 1.27 bits per heavy atom. The highest BCUT2D eigenvalue weighted by molar-refractivity contribution is 5.40. The molecule has 2 nitrogen and oxygen atoms in total. The molecule has 0 atom stereocenters. The summed E-state index contributed by atoms with van der Waals surface area (Å²) in [5.41, 5.74) is 8.49. The van der Waals surface area contributed by atoms with Crippen LogP contribution in [0.3, 0.4) is 0 Å². The zero-order valence-electron chi connectivity index (χ0n) is 6.89. The summed E-state index contributed by atoms with van der Waals surface area (Å²) >= 11 is 0. The Labute approximate surface area is 66.7 Å². The second-order valence-electron chi connectivity index (χ2n) is 2.77. The lowest BCUT2D eigenvalue weighted by molar-refractivity contribution is 0.467. The number of phenols is 1. The van der Waals surface area contributed by atoms with Gasteiger partial charge in [0.2, 0.25) is 0 Å². The van der Waals surface area contributed by atoms with Crippen LogP contribution in [0, 0.1) is 13.8 Å². The molecule has 0 saturated carbocycles. The normalized spacial score (nSPS) is 10.1. The highest BCUT2D eigenvalue weighted by Gasteiger charge is 2.00. The van der Waals surface area contributed by atoms with Crippen molar-refractivity contribution in [3.8, 4) is 5.75 Å². The summed E-state index contributed by atoms with van der Waals surface area (Å²) in [6.07, 6.45) is 0. The SMILES string of the molecule is Cc1cc(O)c(CN)cc1C. The van der Waals surface area contributed by atoms with Crippen molar-refractivity contribution in [1.29, 1.82) is 0 Å². The molecule has 2 heteroatoms. The Hall–Kier alpha value is -1.02. The summed E-state index contributed by atoms with van der Waals surface area (Å²) in [4.78, 5) is 0. The first-order valence-corrected chi connectivity index (χ1v) is 3.64. The molecule has 0 aliphatic rings. The molecule has 0 aliphatic heterocycles. The zero-order valence-corrected chi connectivity index (χ0v) is 6.89. The van der Waals surface area contributed by atoms with E-state index in [1.165, 1.54) is 5.56 Å². The van der Waals surface area contributed by atoms with Gasteiger partial charge in [-0.1, -0.05) is 6.07 Å². The van der Waals surface area contributed by atoms with Crippen molar-refractivity contribution >= 4 is 0 Å². The minimum atomic E-state index is 0.301. The molecule has 0 radical (unpaired) electrons. The molecule has 3 N–H and O–H groups in total. The van der Waals surface area contributed by atoms with Crippen LogP contribution in [0.2, 0.25) is 0 Å². The van der Waals surface area contributed by atoms with E-state index >= 15 is 0 Å². The summed E-state index contributed by atoms with van der Waals surface area (Å²) in [5.74, 6) is 0.301. The highest BCUT2D eigenvalue weighted by atomic mass is 16.3. The van der Waals surface area contributed by atoms with Gasteiger partial charge in [0.25, 0.3) is 0 Å². The van der Waals surface area contributed by atoms with Crippen LogP contribution in [0.4, 0.5) is 0 Å². The fraction of sp³-hybridized carbons (Fsp3) is 0.333. The van der Waals surface area contributed by atoms with Crippen LogP contribution in [0.25, 0.3) is 0 Å². The maximum Gasteiger partial charge on any atom is 0.120 e. The van der Waals surface area contributed by atoms with Gasteiger partial charge in [-0.3, -0.25) is 0 Å². The van der Waals surface area contributed by atoms with Gasteiger partial charge in [-0.25, -0.2) is 0 Å². The van der Waals surface area contributed by atoms with Gasteiger partial charge in [0, 0.05) is 12.1 Å². The minimum absolute atomic E-state index is 0.301. The minimum Gasteiger partial charge on any atom is -0.508 e. The molecule has 1 aromatic carbocycles. The van der Waals surface area contributed by atoms with Gasteiger partial charge >= 0.3 is 0 Å². The quantitative estimate of drug-likeness (QED) is 0.638. The molecule has 0 spiro atoms. The first-order valence-electron chi connectivity index (χ1n) is 3.64. The van der Waals surface area contributed by atoms with Gasteiger partial charge < -0.3 is 10.8 Å². The van der Waals surface area contributed by atoms with Crippen LogP contribution in [0.5, 0.6) is 5.75 Å². The Kier molecular flexibility index (Phi) is 2.15. The molecular formula is C9H13NO. The van der Waals surface area contributed by atoms with Gasteiger partial charge in [0.15, 0.2) is 0 Å². The summed E-state index contributed by atoms with van der Waals surface area (Å²) in [7, 11) is 0. The number of aryl methyl sites for hydroxylation is 2. The third-order valence-electron chi connectivity index (χ3n) is 1.91. The number of aromatic hydroxyl groups is 1. The van der Waals surface area contributed by atoms with Gasteiger partial charge in [0.1, 0.15) is 5.75 Å².